The Labute approximate surface area is 194 Å². The first-order chi connectivity index (χ1) is 15.9. The molecule has 0 radical (unpaired) electrons. The van der Waals surface area contributed by atoms with Gasteiger partial charge in [0.25, 0.3) is 0 Å². The molecule has 0 N–H and O–H groups in total. The van der Waals surface area contributed by atoms with E-state index in [0.29, 0.717) is 0 Å². The highest BCUT2D eigenvalue weighted by molar-refractivity contribution is 7.76. The van der Waals surface area contributed by atoms with E-state index in [9.17, 15) is 0 Å². The van der Waals surface area contributed by atoms with E-state index >= 15 is 0 Å². The maximum Gasteiger partial charge on any atom is -0.0157 e. The van der Waals surface area contributed by atoms with Gasteiger partial charge in [-0.3, -0.25) is 0 Å². The Balaban J connectivity index is 1.50. The van der Waals surface area contributed by atoms with Crippen LogP contribution in [0.15, 0.2) is 157 Å². The fraction of sp³-hybridized carbons (Fsp3) is 0. The Morgan fingerprint density at radius 3 is 0.812 bits per heavy atom. The van der Waals surface area contributed by atoms with Gasteiger partial charge in [-0.2, -0.15) is 0 Å². The van der Waals surface area contributed by atoms with Gasteiger partial charge >= 0.3 is 0 Å². The van der Waals surface area contributed by atoms with E-state index in [1.54, 1.807) is 0 Å². The van der Waals surface area contributed by atoms with Crippen molar-refractivity contribution in [3.8, 4) is 0 Å². The van der Waals surface area contributed by atoms with Crippen LogP contribution >= 0.6 is 15.8 Å². The Kier molecular flexibility index (Phi) is 8.39. The lowest BCUT2D eigenvalue weighted by molar-refractivity contribution is 1.75. The van der Waals surface area contributed by atoms with Crippen molar-refractivity contribution in [2.45, 2.75) is 0 Å². The fourth-order valence-corrected chi connectivity index (χ4v) is 7.20. The van der Waals surface area contributed by atoms with Crippen LogP contribution in [0.25, 0.3) is 0 Å². The number of hydrogen-bond donors (Lipinski definition) is 0. The van der Waals surface area contributed by atoms with Gasteiger partial charge in [-0.1, -0.05) is 157 Å². The van der Waals surface area contributed by atoms with Crippen LogP contribution in [0.2, 0.25) is 0 Å². The molecule has 156 valence electrons. The number of rotatable bonds is 8. The lowest BCUT2D eigenvalue weighted by Crippen LogP contribution is -2.09. The van der Waals surface area contributed by atoms with Gasteiger partial charge in [0.15, 0.2) is 0 Å². The Morgan fingerprint density at radius 1 is 0.312 bits per heavy atom. The van der Waals surface area contributed by atoms with Gasteiger partial charge in [0.1, 0.15) is 0 Å². The molecule has 32 heavy (non-hydrogen) atoms. The smallest absolute Gasteiger partial charge is 0.0157 e. The molecular formula is C30H26P2. The van der Waals surface area contributed by atoms with E-state index in [-0.39, 0.29) is 0 Å². The molecule has 0 amide bonds. The third-order valence-electron chi connectivity index (χ3n) is 4.94. The lowest BCUT2D eigenvalue weighted by Gasteiger charge is -2.14. The van der Waals surface area contributed by atoms with Crippen LogP contribution in [0, 0.1) is 0 Å². The second-order valence-corrected chi connectivity index (χ2v) is 11.3. The summed E-state index contributed by atoms with van der Waals surface area (Å²) in [7, 11) is -1.02. The highest BCUT2D eigenvalue weighted by atomic mass is 31.1. The Bertz CT molecular complexity index is 975. The van der Waals surface area contributed by atoms with Crippen molar-refractivity contribution in [1.29, 1.82) is 0 Å². The highest BCUT2D eigenvalue weighted by Crippen LogP contribution is 2.36. The summed E-state index contributed by atoms with van der Waals surface area (Å²) in [6, 6.07) is 43.0. The third-order valence-corrected chi connectivity index (χ3v) is 9.30. The van der Waals surface area contributed by atoms with Crippen molar-refractivity contribution in [3.05, 3.63) is 157 Å². The van der Waals surface area contributed by atoms with Crippen molar-refractivity contribution < 1.29 is 0 Å². The van der Waals surface area contributed by atoms with Gasteiger partial charge in [0.05, 0.1) is 0 Å². The van der Waals surface area contributed by atoms with E-state index in [1.807, 2.05) is 0 Å². The maximum absolute atomic E-state index is 2.33. The molecule has 0 aliphatic carbocycles. The number of benzene rings is 4. The molecule has 4 aromatic rings. The molecule has 0 aromatic heterocycles. The molecule has 0 atom stereocenters. The van der Waals surface area contributed by atoms with Gasteiger partial charge in [0, 0.05) is 0 Å². The summed E-state index contributed by atoms with van der Waals surface area (Å²) < 4.78 is 0. The van der Waals surface area contributed by atoms with Crippen molar-refractivity contribution in [2.75, 3.05) is 0 Å². The molecule has 4 rings (SSSR count). The topological polar surface area (TPSA) is 0 Å². The number of allylic oxidation sites excluding steroid dienone is 4. The molecule has 0 fully saturated rings. The van der Waals surface area contributed by atoms with Crippen LogP contribution in [0.4, 0.5) is 0 Å². The first-order valence-corrected chi connectivity index (χ1v) is 13.5. The highest BCUT2D eigenvalue weighted by Gasteiger charge is 2.10. The van der Waals surface area contributed by atoms with Crippen molar-refractivity contribution >= 4 is 37.1 Å². The molecule has 0 saturated carbocycles. The molecule has 4 aromatic carbocycles. The molecule has 2 heteroatoms. The van der Waals surface area contributed by atoms with Gasteiger partial charge < -0.3 is 0 Å². The Morgan fingerprint density at radius 2 is 0.562 bits per heavy atom. The minimum absolute atomic E-state index is 0.508. The van der Waals surface area contributed by atoms with E-state index in [2.05, 4.69) is 157 Å². The van der Waals surface area contributed by atoms with Crippen molar-refractivity contribution in [2.24, 2.45) is 0 Å². The van der Waals surface area contributed by atoms with Gasteiger partial charge in [-0.05, 0) is 37.1 Å². The standard InChI is InChI=1S/C30H26P2/c1(15-25-31(27-17-7-3-8-18-27)28-19-9-4-10-20-28)2-16-26-32(29-21-11-5-12-22-29)30-23-13-6-14-24-30/h1-26H/b2-1+,25-15+,26-16+. The predicted molar refractivity (Wildman–Crippen MR) is 146 cm³/mol. The zero-order valence-corrected chi connectivity index (χ0v) is 19.7. The average molecular weight is 448 g/mol. The summed E-state index contributed by atoms with van der Waals surface area (Å²) in [6.07, 6.45) is 8.65. The van der Waals surface area contributed by atoms with Crippen LogP contribution in [-0.2, 0) is 0 Å². The summed E-state index contributed by atoms with van der Waals surface area (Å²) in [5.41, 5.74) is 0. The largest absolute Gasteiger partial charge is 0.0622 e. The van der Waals surface area contributed by atoms with E-state index in [0.717, 1.165) is 0 Å². The molecule has 0 aliphatic rings. The summed E-state index contributed by atoms with van der Waals surface area (Å²) in [5, 5.41) is 5.47. The molecule has 0 heterocycles. The van der Waals surface area contributed by atoms with Crippen LogP contribution in [-0.4, -0.2) is 0 Å². The monoisotopic (exact) mass is 448 g/mol. The predicted octanol–water partition coefficient (Wildman–Crippen LogP) is 6.84. The second kappa shape index (κ2) is 12.1. The van der Waals surface area contributed by atoms with Crippen LogP contribution < -0.4 is 21.2 Å². The lowest BCUT2D eigenvalue weighted by atomic mass is 10.4. The average Bonchev–Trinajstić information content (AvgIpc) is 2.88. The zero-order valence-electron chi connectivity index (χ0n) is 17.9. The summed E-state index contributed by atoms with van der Waals surface area (Å²) in [5.74, 6) is 4.67. The van der Waals surface area contributed by atoms with E-state index in [4.69, 9.17) is 0 Å². The molecule has 0 nitrogen and oxygen atoms in total. The fourth-order valence-electron chi connectivity index (χ4n) is 3.40. The molecule has 0 spiro atoms. The van der Waals surface area contributed by atoms with Crippen LogP contribution in [0.5, 0.6) is 0 Å². The SMILES string of the molecule is C(=C\C=C\P(c1ccccc1)c1ccccc1)/C=C/P(c1ccccc1)c1ccccc1. The normalized spacial score (nSPS) is 11.9. The quantitative estimate of drug-likeness (QED) is 0.205. The summed E-state index contributed by atoms with van der Waals surface area (Å²) in [6.45, 7) is 0. The minimum atomic E-state index is -0.508. The van der Waals surface area contributed by atoms with Gasteiger partial charge in [-0.25, -0.2) is 0 Å². The van der Waals surface area contributed by atoms with E-state index in [1.165, 1.54) is 21.2 Å². The van der Waals surface area contributed by atoms with E-state index < -0.39 is 15.8 Å². The zero-order chi connectivity index (χ0) is 21.8. The summed E-state index contributed by atoms with van der Waals surface area (Å²) in [4.78, 5) is 0. The van der Waals surface area contributed by atoms with Crippen molar-refractivity contribution in [1.82, 2.24) is 0 Å². The van der Waals surface area contributed by atoms with Gasteiger partial charge in [0.2, 0.25) is 0 Å². The Hall–Kier alpha value is -3.04. The van der Waals surface area contributed by atoms with Gasteiger partial charge in [-0.15, -0.1) is 0 Å². The molecule has 0 unspecified atom stereocenters. The number of hydrogen-bond acceptors (Lipinski definition) is 0. The second-order valence-electron chi connectivity index (χ2n) is 7.15. The first kappa shape index (κ1) is 22.2. The molecular weight excluding hydrogens is 422 g/mol. The summed E-state index contributed by atoms with van der Waals surface area (Å²) >= 11 is 0. The van der Waals surface area contributed by atoms with Crippen molar-refractivity contribution in [3.63, 3.8) is 0 Å². The van der Waals surface area contributed by atoms with Crippen LogP contribution in [0.1, 0.15) is 0 Å². The molecule has 0 saturated heterocycles. The minimum Gasteiger partial charge on any atom is -0.0622 e. The molecule has 0 aliphatic heterocycles. The van der Waals surface area contributed by atoms with Crippen LogP contribution in [0.3, 0.4) is 0 Å². The third kappa shape index (κ3) is 6.24. The molecule has 0 bridgehead atoms. The first-order valence-electron chi connectivity index (χ1n) is 10.7. The maximum atomic E-state index is 2.33.